The Morgan fingerprint density at radius 3 is 1.46 bits per heavy atom. The van der Waals surface area contributed by atoms with Crippen LogP contribution in [0.15, 0.2) is 0 Å². The molecule has 0 amide bonds. The van der Waals surface area contributed by atoms with Crippen LogP contribution >= 0.6 is 7.92 Å². The van der Waals surface area contributed by atoms with Crippen molar-refractivity contribution in [3.8, 4) is 5.63 Å². The van der Waals surface area contributed by atoms with Gasteiger partial charge in [0, 0.05) is 0 Å². The molecular formula is C15H20F9OP. The second kappa shape index (κ2) is 10.6. The van der Waals surface area contributed by atoms with Crippen molar-refractivity contribution in [3.05, 3.63) is 0 Å². The quantitative estimate of drug-likeness (QED) is 0.181. The van der Waals surface area contributed by atoms with Crippen LogP contribution in [0.3, 0.4) is 0 Å². The van der Waals surface area contributed by atoms with E-state index >= 15 is 0 Å². The fraction of sp³-hybridized carbons (Fsp3) is 0.933. The van der Waals surface area contributed by atoms with Crippen LogP contribution in [0, 0.1) is 5.63 Å². The molecule has 0 atom stereocenters. The van der Waals surface area contributed by atoms with Gasteiger partial charge in [-0.15, -0.1) is 0 Å². The van der Waals surface area contributed by atoms with E-state index in [1.54, 1.807) is 0 Å². The van der Waals surface area contributed by atoms with Crippen LogP contribution in [0.25, 0.3) is 0 Å². The van der Waals surface area contributed by atoms with E-state index in [9.17, 15) is 44.1 Å². The van der Waals surface area contributed by atoms with Crippen LogP contribution in [0.2, 0.25) is 0 Å². The Bertz CT molecular complexity index is 511. The van der Waals surface area contributed by atoms with Crippen molar-refractivity contribution in [1.29, 1.82) is 0 Å². The summed E-state index contributed by atoms with van der Waals surface area (Å²) in [4.78, 5) is 0. The molecule has 0 aliphatic carbocycles. The number of hydrogen-bond acceptors (Lipinski definition) is 1. The van der Waals surface area contributed by atoms with Crippen molar-refractivity contribution in [2.45, 2.75) is 88.2 Å². The van der Waals surface area contributed by atoms with E-state index in [0.29, 0.717) is 19.3 Å². The predicted octanol–water partition coefficient (Wildman–Crippen LogP) is 7.61. The Morgan fingerprint density at radius 2 is 1.04 bits per heavy atom. The van der Waals surface area contributed by atoms with Crippen LogP contribution in [-0.2, 0) is 4.57 Å². The standard InChI is InChI=1S/C15H20F9OP/c16-12(17,13(18,19)14(20,21)15(22,23)24)10-8-6-4-2-1-3-5-7-9-11-26-25/h1-10H2. The monoisotopic (exact) mass is 418 g/mol. The van der Waals surface area contributed by atoms with Crippen molar-refractivity contribution in [2.75, 3.05) is 0 Å². The minimum Gasteiger partial charge on any atom is -0.200 e. The van der Waals surface area contributed by atoms with Crippen molar-refractivity contribution in [3.63, 3.8) is 0 Å². The normalized spacial score (nSPS) is 13.6. The smallest absolute Gasteiger partial charge is 0.200 e. The van der Waals surface area contributed by atoms with Gasteiger partial charge in [0.15, 0.2) is 0 Å². The third-order valence-electron chi connectivity index (χ3n) is 3.80. The first-order valence-corrected chi connectivity index (χ1v) is 8.88. The summed E-state index contributed by atoms with van der Waals surface area (Å²) in [5, 5.41) is 0. The molecule has 0 fully saturated rings. The summed E-state index contributed by atoms with van der Waals surface area (Å²) in [6.45, 7) is 0. The topological polar surface area (TPSA) is 17.1 Å². The minimum absolute atomic E-state index is 0.0277. The van der Waals surface area contributed by atoms with E-state index in [-0.39, 0.29) is 14.3 Å². The van der Waals surface area contributed by atoms with Crippen molar-refractivity contribution in [1.82, 2.24) is 0 Å². The second-order valence-corrected chi connectivity index (χ2v) is 6.43. The summed E-state index contributed by atoms with van der Waals surface area (Å²) in [7, 11) is -0.155. The summed E-state index contributed by atoms with van der Waals surface area (Å²) in [6.07, 6.45) is -4.28. The summed E-state index contributed by atoms with van der Waals surface area (Å²) in [5.74, 6) is -18.8. The fourth-order valence-corrected chi connectivity index (χ4v) is 2.47. The van der Waals surface area contributed by atoms with Crippen LogP contribution in [-0.4, -0.2) is 23.9 Å². The molecule has 0 unspecified atom stereocenters. The van der Waals surface area contributed by atoms with Gasteiger partial charge in [0.1, 0.15) is 0 Å². The number of hydrogen-bond donors (Lipinski definition) is 0. The van der Waals surface area contributed by atoms with E-state index in [0.717, 1.165) is 25.7 Å². The molecule has 0 heterocycles. The van der Waals surface area contributed by atoms with Gasteiger partial charge in [-0.05, 0) is 0 Å². The maximum absolute atomic E-state index is 13.2. The Kier molecular flexibility index (Phi) is 10.4. The molecule has 0 aromatic carbocycles. The summed E-state index contributed by atoms with van der Waals surface area (Å²) < 4.78 is 124. The molecule has 0 aromatic heterocycles. The molecular weight excluding hydrogens is 398 g/mol. The summed E-state index contributed by atoms with van der Waals surface area (Å²) in [6, 6.07) is 0. The molecule has 0 aromatic rings. The van der Waals surface area contributed by atoms with Crippen LogP contribution in [0.4, 0.5) is 39.5 Å². The molecule has 0 aliphatic rings. The molecule has 0 saturated carbocycles. The zero-order chi connectivity index (χ0) is 20.5. The molecule has 154 valence electrons. The van der Waals surface area contributed by atoms with Crippen LogP contribution < -0.4 is 0 Å². The first kappa shape index (κ1) is 25.4. The number of rotatable bonds is 12. The number of halogens is 9. The SMILES string of the molecule is O=P#CCCCCCCCCCCC(F)(F)C(F)(F)C(F)(F)C(F)(F)F. The van der Waals surface area contributed by atoms with E-state index < -0.39 is 36.8 Å². The molecule has 26 heavy (non-hydrogen) atoms. The third kappa shape index (κ3) is 7.18. The third-order valence-corrected chi connectivity index (χ3v) is 4.16. The average Bonchev–Trinajstić information content (AvgIpc) is 2.51. The van der Waals surface area contributed by atoms with Crippen molar-refractivity contribution >= 4 is 7.92 Å². The van der Waals surface area contributed by atoms with Gasteiger partial charge in [-0.1, -0.05) is 0 Å². The van der Waals surface area contributed by atoms with Crippen molar-refractivity contribution in [2.24, 2.45) is 0 Å². The predicted molar refractivity (Wildman–Crippen MR) is 78.6 cm³/mol. The first-order valence-electron chi connectivity index (χ1n) is 8.06. The van der Waals surface area contributed by atoms with Gasteiger partial charge in [-0.25, -0.2) is 0 Å². The van der Waals surface area contributed by atoms with Crippen LogP contribution in [0.5, 0.6) is 0 Å². The van der Waals surface area contributed by atoms with Gasteiger partial charge in [0.2, 0.25) is 0 Å². The zero-order valence-corrected chi connectivity index (χ0v) is 14.7. The van der Waals surface area contributed by atoms with Gasteiger partial charge >= 0.3 is 106 Å². The number of alkyl halides is 9. The molecule has 0 bridgehead atoms. The molecule has 0 aliphatic heterocycles. The Morgan fingerprint density at radius 1 is 0.615 bits per heavy atom. The molecule has 0 saturated heterocycles. The summed E-state index contributed by atoms with van der Waals surface area (Å²) in [5.41, 5.74) is 2.57. The molecule has 0 radical (unpaired) electrons. The molecule has 1 nitrogen and oxygen atoms in total. The van der Waals surface area contributed by atoms with E-state index in [2.05, 4.69) is 5.63 Å². The Balaban J connectivity index is 4.17. The van der Waals surface area contributed by atoms with Crippen molar-refractivity contribution < 1.29 is 44.1 Å². The molecule has 0 N–H and O–H groups in total. The zero-order valence-electron chi connectivity index (χ0n) is 13.8. The second-order valence-electron chi connectivity index (χ2n) is 5.93. The van der Waals surface area contributed by atoms with E-state index in [1.807, 2.05) is 0 Å². The average molecular weight is 418 g/mol. The van der Waals surface area contributed by atoms with Crippen LogP contribution in [0.1, 0.15) is 64.2 Å². The molecule has 0 rings (SSSR count). The van der Waals surface area contributed by atoms with E-state index in [4.69, 9.17) is 0 Å². The molecule has 0 spiro atoms. The maximum atomic E-state index is 13.2. The van der Waals surface area contributed by atoms with Gasteiger partial charge < -0.3 is 0 Å². The molecule has 11 heteroatoms. The van der Waals surface area contributed by atoms with Gasteiger partial charge in [-0.3, -0.25) is 0 Å². The van der Waals surface area contributed by atoms with Gasteiger partial charge in [0.05, 0.1) is 0 Å². The summed E-state index contributed by atoms with van der Waals surface area (Å²) >= 11 is 0. The van der Waals surface area contributed by atoms with E-state index in [1.165, 1.54) is 0 Å². The fourth-order valence-electron chi connectivity index (χ4n) is 2.22. The number of unbranched alkanes of at least 4 members (excludes halogenated alkanes) is 8. The Hall–Kier alpha value is -0.620. The van der Waals surface area contributed by atoms with Gasteiger partial charge in [-0.2, -0.15) is 39.5 Å². The minimum atomic E-state index is -6.80. The van der Waals surface area contributed by atoms with Gasteiger partial charge in [0.25, 0.3) is 0 Å². The first-order chi connectivity index (χ1) is 11.8. The Labute approximate surface area is 146 Å².